The minimum absolute atomic E-state index is 0.242. The topological polar surface area (TPSA) is 52.1 Å². The highest BCUT2D eigenvalue weighted by Gasteiger charge is 2.35. The maximum Gasteiger partial charge on any atom is 0.204 e. The second-order valence-electron chi connectivity index (χ2n) is 9.70. The van der Waals surface area contributed by atoms with Crippen molar-refractivity contribution in [3.05, 3.63) is 107 Å². The zero-order valence-corrected chi connectivity index (χ0v) is 19.1. The predicted molar refractivity (Wildman–Crippen MR) is 122 cm³/mol. The maximum atomic E-state index is 6.05. The van der Waals surface area contributed by atoms with Crippen molar-refractivity contribution in [2.45, 2.75) is 57.8 Å². The predicted octanol–water partition coefficient (Wildman–Crippen LogP) is 6.64. The van der Waals surface area contributed by atoms with Gasteiger partial charge in [-0.25, -0.2) is 9.97 Å². The highest BCUT2D eigenvalue weighted by molar-refractivity contribution is 5.40. The first kappa shape index (κ1) is 21.1. The Hall–Kier alpha value is -3.14. The Morgan fingerprint density at radius 2 is 1.26 bits per heavy atom. The fourth-order valence-electron chi connectivity index (χ4n) is 3.93. The number of aromatic nitrogens is 2. The van der Waals surface area contributed by atoms with E-state index in [1.807, 2.05) is 6.07 Å². The summed E-state index contributed by atoms with van der Waals surface area (Å²) in [5, 5.41) is 0. The molecule has 2 aromatic carbocycles. The van der Waals surface area contributed by atoms with E-state index in [-0.39, 0.29) is 10.8 Å². The molecule has 0 aliphatic heterocycles. The SMILES string of the molecule is CC(C)(c1ccccc1)c1coc(C(C)(C)c2cccc(C(C)(C)c3ncco3)c2)n1. The van der Waals surface area contributed by atoms with E-state index in [1.54, 1.807) is 18.7 Å². The molecule has 4 heteroatoms. The molecule has 0 saturated heterocycles. The van der Waals surface area contributed by atoms with Crippen LogP contribution in [0.3, 0.4) is 0 Å². The first-order valence-corrected chi connectivity index (χ1v) is 10.7. The van der Waals surface area contributed by atoms with Gasteiger partial charge in [0.05, 0.1) is 22.7 Å². The Morgan fingerprint density at radius 3 is 1.87 bits per heavy atom. The van der Waals surface area contributed by atoms with Gasteiger partial charge >= 0.3 is 0 Å². The van der Waals surface area contributed by atoms with Crippen molar-refractivity contribution in [2.75, 3.05) is 0 Å². The molecule has 0 saturated carbocycles. The quantitative estimate of drug-likeness (QED) is 0.355. The van der Waals surface area contributed by atoms with E-state index in [4.69, 9.17) is 13.8 Å². The van der Waals surface area contributed by atoms with Crippen LogP contribution in [0.1, 0.15) is 75.7 Å². The smallest absolute Gasteiger partial charge is 0.204 e. The summed E-state index contributed by atoms with van der Waals surface area (Å²) in [5.74, 6) is 1.41. The number of benzene rings is 2. The summed E-state index contributed by atoms with van der Waals surface area (Å²) < 4.78 is 11.7. The van der Waals surface area contributed by atoms with Crippen LogP contribution in [0.25, 0.3) is 0 Å². The van der Waals surface area contributed by atoms with Gasteiger partial charge in [0.1, 0.15) is 12.5 Å². The minimum Gasteiger partial charge on any atom is -0.448 e. The average Bonchev–Trinajstić information content (AvgIpc) is 3.47. The molecule has 4 rings (SSSR count). The average molecular weight is 415 g/mol. The summed E-state index contributed by atoms with van der Waals surface area (Å²) in [6, 6.07) is 18.9. The van der Waals surface area contributed by atoms with Crippen molar-refractivity contribution in [1.29, 1.82) is 0 Å². The van der Waals surface area contributed by atoms with E-state index >= 15 is 0 Å². The molecule has 160 valence electrons. The Balaban J connectivity index is 1.69. The maximum absolute atomic E-state index is 6.05. The monoisotopic (exact) mass is 414 g/mol. The number of rotatable bonds is 6. The summed E-state index contributed by atoms with van der Waals surface area (Å²) in [4.78, 5) is 9.33. The molecule has 0 N–H and O–H groups in total. The van der Waals surface area contributed by atoms with Gasteiger partial charge in [-0.2, -0.15) is 0 Å². The summed E-state index contributed by atoms with van der Waals surface area (Å²) in [7, 11) is 0. The van der Waals surface area contributed by atoms with Crippen LogP contribution >= 0.6 is 0 Å². The third-order valence-electron chi connectivity index (χ3n) is 6.45. The highest BCUT2D eigenvalue weighted by atomic mass is 16.3. The van der Waals surface area contributed by atoms with Crippen LogP contribution in [0, 0.1) is 0 Å². The molecule has 0 radical (unpaired) electrons. The molecule has 4 nitrogen and oxygen atoms in total. The molecule has 4 aromatic rings. The molecule has 0 aliphatic carbocycles. The Morgan fingerprint density at radius 1 is 0.645 bits per heavy atom. The van der Waals surface area contributed by atoms with Gasteiger partial charge < -0.3 is 8.83 Å². The number of nitrogens with zero attached hydrogens (tertiary/aromatic N) is 2. The van der Waals surface area contributed by atoms with E-state index in [2.05, 4.69) is 95.1 Å². The normalized spacial score (nSPS) is 12.8. The van der Waals surface area contributed by atoms with Crippen molar-refractivity contribution in [1.82, 2.24) is 9.97 Å². The lowest BCUT2D eigenvalue weighted by Gasteiger charge is -2.26. The lowest BCUT2D eigenvalue weighted by Crippen LogP contribution is -2.24. The Bertz CT molecular complexity index is 1150. The molecule has 2 aromatic heterocycles. The molecule has 0 atom stereocenters. The molecule has 0 fully saturated rings. The van der Waals surface area contributed by atoms with Crippen LogP contribution < -0.4 is 0 Å². The Kier molecular flexibility index (Phi) is 5.12. The largest absolute Gasteiger partial charge is 0.448 e. The van der Waals surface area contributed by atoms with Crippen LogP contribution in [0.2, 0.25) is 0 Å². The summed E-state index contributed by atoms with van der Waals surface area (Å²) in [5.41, 5.74) is 3.43. The van der Waals surface area contributed by atoms with Crippen LogP contribution in [-0.4, -0.2) is 9.97 Å². The van der Waals surface area contributed by atoms with Gasteiger partial charge in [-0.3, -0.25) is 0 Å². The molecular formula is C27H30N2O2. The number of oxazole rings is 2. The molecule has 0 unspecified atom stereocenters. The van der Waals surface area contributed by atoms with Gasteiger partial charge in [-0.05, 0) is 44.4 Å². The second-order valence-corrected chi connectivity index (χ2v) is 9.70. The van der Waals surface area contributed by atoms with E-state index in [0.29, 0.717) is 11.8 Å². The van der Waals surface area contributed by atoms with Crippen LogP contribution in [0.5, 0.6) is 0 Å². The summed E-state index contributed by atoms with van der Waals surface area (Å²) >= 11 is 0. The molecule has 31 heavy (non-hydrogen) atoms. The van der Waals surface area contributed by atoms with Crippen LogP contribution in [0.4, 0.5) is 0 Å². The molecule has 0 spiro atoms. The number of hydrogen-bond donors (Lipinski definition) is 0. The van der Waals surface area contributed by atoms with E-state index < -0.39 is 5.41 Å². The van der Waals surface area contributed by atoms with E-state index in [9.17, 15) is 0 Å². The van der Waals surface area contributed by atoms with Crippen LogP contribution in [-0.2, 0) is 16.2 Å². The molecule has 0 amide bonds. The highest BCUT2D eigenvalue weighted by Crippen LogP contribution is 2.38. The lowest BCUT2D eigenvalue weighted by atomic mass is 9.78. The van der Waals surface area contributed by atoms with Gasteiger partial charge in [0, 0.05) is 5.41 Å². The van der Waals surface area contributed by atoms with Gasteiger partial charge in [-0.15, -0.1) is 0 Å². The van der Waals surface area contributed by atoms with Crippen molar-refractivity contribution >= 4 is 0 Å². The third kappa shape index (κ3) is 3.71. The zero-order valence-electron chi connectivity index (χ0n) is 19.1. The summed E-state index contributed by atoms with van der Waals surface area (Å²) in [6.07, 6.45) is 5.10. The van der Waals surface area contributed by atoms with Crippen molar-refractivity contribution < 1.29 is 8.83 Å². The first-order valence-electron chi connectivity index (χ1n) is 10.7. The van der Waals surface area contributed by atoms with Gasteiger partial charge in [-0.1, -0.05) is 68.4 Å². The zero-order chi connectivity index (χ0) is 22.3. The standard InChI is InChI=1S/C27H30N2O2/c1-25(2,19-11-8-7-9-12-19)22-18-31-24(29-22)27(5,6)21-14-10-13-20(17-21)26(3,4)23-28-15-16-30-23/h7-18H,1-6H3. The van der Waals surface area contributed by atoms with E-state index in [1.165, 1.54) is 5.56 Å². The van der Waals surface area contributed by atoms with Crippen molar-refractivity contribution in [3.63, 3.8) is 0 Å². The van der Waals surface area contributed by atoms with E-state index in [0.717, 1.165) is 16.8 Å². The fraction of sp³-hybridized carbons (Fsp3) is 0.333. The van der Waals surface area contributed by atoms with Crippen LogP contribution in [0.15, 0.2) is 82.2 Å². The fourth-order valence-corrected chi connectivity index (χ4v) is 3.93. The molecule has 2 heterocycles. The third-order valence-corrected chi connectivity index (χ3v) is 6.45. The van der Waals surface area contributed by atoms with Crippen molar-refractivity contribution in [2.24, 2.45) is 0 Å². The van der Waals surface area contributed by atoms with Gasteiger partial charge in [0.25, 0.3) is 0 Å². The van der Waals surface area contributed by atoms with Crippen molar-refractivity contribution in [3.8, 4) is 0 Å². The van der Waals surface area contributed by atoms with Gasteiger partial charge in [0.15, 0.2) is 0 Å². The molecular weight excluding hydrogens is 384 g/mol. The first-order chi connectivity index (χ1) is 14.6. The molecule has 0 aliphatic rings. The summed E-state index contributed by atoms with van der Waals surface area (Å²) in [6.45, 7) is 12.9. The minimum atomic E-state index is -0.395. The lowest BCUT2D eigenvalue weighted by molar-refractivity contribution is 0.405. The number of hydrogen-bond acceptors (Lipinski definition) is 4. The second kappa shape index (κ2) is 7.52. The molecule has 0 bridgehead atoms. The Labute approximate surface area is 184 Å². The van der Waals surface area contributed by atoms with Gasteiger partial charge in [0.2, 0.25) is 11.8 Å².